The molecule has 0 fully saturated rings. The number of Topliss-reactive ketones (excluding diaryl/α,β-unsaturated/α-hetero) is 1. The molecule has 0 N–H and O–H groups in total. The Morgan fingerprint density at radius 1 is 1.31 bits per heavy atom. The Bertz CT molecular complexity index is 474. The molecule has 2 nitrogen and oxygen atoms in total. The van der Waals surface area contributed by atoms with Crippen LogP contribution in [0.25, 0.3) is 0 Å². The summed E-state index contributed by atoms with van der Waals surface area (Å²) in [6.07, 6.45) is 0. The second kappa shape index (κ2) is 4.94. The van der Waals surface area contributed by atoms with Crippen LogP contribution in [0, 0.1) is 0 Å². The number of ether oxygens (including phenoxy) is 1. The van der Waals surface area contributed by atoms with Crippen LogP contribution >= 0.6 is 11.3 Å². The third kappa shape index (κ3) is 2.49. The molecule has 1 aromatic heterocycles. The van der Waals surface area contributed by atoms with E-state index in [9.17, 15) is 4.79 Å². The van der Waals surface area contributed by atoms with Crippen molar-refractivity contribution in [3.8, 4) is 5.75 Å². The zero-order valence-corrected chi connectivity index (χ0v) is 9.79. The SMILES string of the molecule is CC(=O)c1ccccc1OCc1ccsc1. The van der Waals surface area contributed by atoms with Gasteiger partial charge in [0.2, 0.25) is 0 Å². The lowest BCUT2D eigenvalue weighted by molar-refractivity contribution is 0.101. The van der Waals surface area contributed by atoms with Gasteiger partial charge in [0, 0.05) is 0 Å². The highest BCUT2D eigenvalue weighted by Gasteiger charge is 2.07. The minimum atomic E-state index is 0.0286. The lowest BCUT2D eigenvalue weighted by Gasteiger charge is -2.08. The first kappa shape index (κ1) is 10.9. The number of para-hydroxylation sites is 1. The highest BCUT2D eigenvalue weighted by molar-refractivity contribution is 7.07. The first-order valence-corrected chi connectivity index (χ1v) is 5.95. The summed E-state index contributed by atoms with van der Waals surface area (Å²) in [5.74, 6) is 0.683. The molecule has 0 unspecified atom stereocenters. The van der Waals surface area contributed by atoms with E-state index in [2.05, 4.69) is 0 Å². The summed E-state index contributed by atoms with van der Waals surface area (Å²) in [6.45, 7) is 2.06. The van der Waals surface area contributed by atoms with Crippen molar-refractivity contribution < 1.29 is 9.53 Å². The summed E-state index contributed by atoms with van der Waals surface area (Å²) in [7, 11) is 0. The van der Waals surface area contributed by atoms with Gasteiger partial charge in [0.05, 0.1) is 5.56 Å². The standard InChI is InChI=1S/C13H12O2S/c1-10(14)12-4-2-3-5-13(12)15-8-11-6-7-16-9-11/h2-7,9H,8H2,1H3. The maximum Gasteiger partial charge on any atom is 0.163 e. The summed E-state index contributed by atoms with van der Waals surface area (Å²) in [6, 6.07) is 9.33. The summed E-state index contributed by atoms with van der Waals surface area (Å²) in [4.78, 5) is 11.3. The Hall–Kier alpha value is -1.61. The molecule has 1 heterocycles. The first-order chi connectivity index (χ1) is 7.77. The van der Waals surface area contributed by atoms with Crippen LogP contribution in [-0.4, -0.2) is 5.78 Å². The van der Waals surface area contributed by atoms with Crippen LogP contribution in [0.4, 0.5) is 0 Å². The first-order valence-electron chi connectivity index (χ1n) is 5.01. The van der Waals surface area contributed by atoms with E-state index >= 15 is 0 Å². The number of hydrogen-bond donors (Lipinski definition) is 0. The summed E-state index contributed by atoms with van der Waals surface area (Å²) in [5, 5.41) is 4.05. The molecule has 3 heteroatoms. The second-order valence-electron chi connectivity index (χ2n) is 3.47. The molecule has 0 atom stereocenters. The number of rotatable bonds is 4. The molecule has 0 radical (unpaired) electrons. The van der Waals surface area contributed by atoms with E-state index in [1.165, 1.54) is 0 Å². The van der Waals surface area contributed by atoms with Crippen LogP contribution in [0.15, 0.2) is 41.1 Å². The maximum absolute atomic E-state index is 11.3. The normalized spacial score (nSPS) is 10.1. The van der Waals surface area contributed by atoms with E-state index in [4.69, 9.17) is 4.74 Å². The van der Waals surface area contributed by atoms with Crippen molar-refractivity contribution in [1.82, 2.24) is 0 Å². The average Bonchev–Trinajstić information content (AvgIpc) is 2.79. The predicted molar refractivity (Wildman–Crippen MR) is 65.1 cm³/mol. The zero-order chi connectivity index (χ0) is 11.4. The fourth-order valence-corrected chi connectivity index (χ4v) is 2.07. The molecule has 16 heavy (non-hydrogen) atoms. The van der Waals surface area contributed by atoms with Gasteiger partial charge in [0.1, 0.15) is 12.4 Å². The molecule has 0 spiro atoms. The molecule has 0 bridgehead atoms. The fourth-order valence-electron chi connectivity index (χ4n) is 1.42. The molecule has 0 aliphatic carbocycles. The van der Waals surface area contributed by atoms with E-state index in [0.29, 0.717) is 17.9 Å². The third-order valence-electron chi connectivity index (χ3n) is 2.24. The molecule has 1 aromatic carbocycles. The number of carbonyl (C=O) groups is 1. The Labute approximate surface area is 98.5 Å². The molecule has 0 amide bonds. The molecule has 2 rings (SSSR count). The van der Waals surface area contributed by atoms with E-state index < -0.39 is 0 Å². The fraction of sp³-hybridized carbons (Fsp3) is 0.154. The summed E-state index contributed by atoms with van der Waals surface area (Å²) in [5.41, 5.74) is 1.76. The van der Waals surface area contributed by atoms with Gasteiger partial charge in [-0.25, -0.2) is 0 Å². The van der Waals surface area contributed by atoms with Crippen LogP contribution < -0.4 is 4.74 Å². The molecule has 2 aromatic rings. The van der Waals surface area contributed by atoms with Crippen molar-refractivity contribution in [3.05, 3.63) is 52.2 Å². The Balaban J connectivity index is 2.12. The number of carbonyl (C=O) groups excluding carboxylic acids is 1. The smallest absolute Gasteiger partial charge is 0.163 e. The number of benzene rings is 1. The molecule has 0 aliphatic heterocycles. The molecular formula is C13H12O2S. The Kier molecular flexibility index (Phi) is 3.37. The predicted octanol–water partition coefficient (Wildman–Crippen LogP) is 3.53. The minimum Gasteiger partial charge on any atom is -0.488 e. The van der Waals surface area contributed by atoms with E-state index in [0.717, 1.165) is 5.56 Å². The zero-order valence-electron chi connectivity index (χ0n) is 8.97. The van der Waals surface area contributed by atoms with Crippen molar-refractivity contribution in [3.63, 3.8) is 0 Å². The highest BCUT2D eigenvalue weighted by atomic mass is 32.1. The van der Waals surface area contributed by atoms with Gasteiger partial charge in [-0.2, -0.15) is 11.3 Å². The number of hydrogen-bond acceptors (Lipinski definition) is 3. The van der Waals surface area contributed by atoms with Gasteiger partial charge in [-0.3, -0.25) is 4.79 Å². The lowest BCUT2D eigenvalue weighted by atomic mass is 10.1. The van der Waals surface area contributed by atoms with Crippen molar-refractivity contribution in [2.24, 2.45) is 0 Å². The van der Waals surface area contributed by atoms with Crippen molar-refractivity contribution >= 4 is 17.1 Å². The number of thiophene rings is 1. The van der Waals surface area contributed by atoms with Crippen LogP contribution in [0.2, 0.25) is 0 Å². The van der Waals surface area contributed by atoms with Crippen LogP contribution in [0.3, 0.4) is 0 Å². The largest absolute Gasteiger partial charge is 0.488 e. The van der Waals surface area contributed by atoms with Gasteiger partial charge in [0.15, 0.2) is 5.78 Å². The van der Waals surface area contributed by atoms with E-state index in [1.807, 2.05) is 35.0 Å². The van der Waals surface area contributed by atoms with Crippen LogP contribution in [0.5, 0.6) is 5.75 Å². The molecule has 0 aliphatic rings. The summed E-state index contributed by atoms with van der Waals surface area (Å²) < 4.78 is 5.63. The van der Waals surface area contributed by atoms with E-state index in [-0.39, 0.29) is 5.78 Å². The van der Waals surface area contributed by atoms with Gasteiger partial charge >= 0.3 is 0 Å². The average molecular weight is 232 g/mol. The monoisotopic (exact) mass is 232 g/mol. The van der Waals surface area contributed by atoms with Crippen molar-refractivity contribution in [1.29, 1.82) is 0 Å². The third-order valence-corrected chi connectivity index (χ3v) is 2.97. The van der Waals surface area contributed by atoms with Gasteiger partial charge in [-0.15, -0.1) is 0 Å². The van der Waals surface area contributed by atoms with E-state index in [1.54, 1.807) is 24.3 Å². The highest BCUT2D eigenvalue weighted by Crippen LogP contribution is 2.20. The molecule has 0 saturated carbocycles. The van der Waals surface area contributed by atoms with Gasteiger partial charge in [-0.1, -0.05) is 12.1 Å². The molecular weight excluding hydrogens is 220 g/mol. The second-order valence-corrected chi connectivity index (χ2v) is 4.25. The molecule has 82 valence electrons. The number of ketones is 1. The maximum atomic E-state index is 11.3. The topological polar surface area (TPSA) is 26.3 Å². The summed E-state index contributed by atoms with van der Waals surface area (Å²) >= 11 is 1.64. The Morgan fingerprint density at radius 3 is 2.81 bits per heavy atom. The van der Waals surface area contributed by atoms with Crippen molar-refractivity contribution in [2.45, 2.75) is 13.5 Å². The Morgan fingerprint density at radius 2 is 2.12 bits per heavy atom. The molecule has 0 saturated heterocycles. The quantitative estimate of drug-likeness (QED) is 0.754. The lowest BCUT2D eigenvalue weighted by Crippen LogP contribution is -2.00. The van der Waals surface area contributed by atoms with Crippen LogP contribution in [0.1, 0.15) is 22.8 Å². The van der Waals surface area contributed by atoms with Crippen LogP contribution in [-0.2, 0) is 6.61 Å². The van der Waals surface area contributed by atoms with Gasteiger partial charge in [-0.05, 0) is 41.4 Å². The van der Waals surface area contributed by atoms with Gasteiger partial charge in [0.25, 0.3) is 0 Å². The van der Waals surface area contributed by atoms with Gasteiger partial charge < -0.3 is 4.74 Å². The van der Waals surface area contributed by atoms with Crippen molar-refractivity contribution in [2.75, 3.05) is 0 Å². The minimum absolute atomic E-state index is 0.0286.